The Morgan fingerprint density at radius 1 is 0.696 bits per heavy atom. The number of carbonyl (C=O) groups excluding carboxylic acids is 2. The van der Waals surface area contributed by atoms with Crippen LogP contribution in [-0.2, 0) is 14.3 Å². The van der Waals surface area contributed by atoms with Crippen molar-refractivity contribution >= 4 is 11.9 Å². The van der Waals surface area contributed by atoms with Crippen molar-refractivity contribution in [2.24, 2.45) is 0 Å². The van der Waals surface area contributed by atoms with E-state index in [1.54, 1.807) is 48.5 Å². The highest BCUT2D eigenvalue weighted by molar-refractivity contribution is 5.89. The summed E-state index contributed by atoms with van der Waals surface area (Å²) in [6, 6.07) is 17.7. The first-order valence-corrected chi connectivity index (χ1v) is 7.25. The Morgan fingerprint density at radius 2 is 1.04 bits per heavy atom. The lowest BCUT2D eigenvalue weighted by Gasteiger charge is -2.16. The first kappa shape index (κ1) is 16.5. The summed E-state index contributed by atoms with van der Waals surface area (Å²) in [5.41, 5.74) is 0. The molecule has 120 valence electrons. The van der Waals surface area contributed by atoms with Gasteiger partial charge in [0.05, 0.1) is 0 Å². The van der Waals surface area contributed by atoms with Crippen LogP contribution in [0.15, 0.2) is 60.7 Å². The van der Waals surface area contributed by atoms with E-state index in [0.29, 0.717) is 11.5 Å². The van der Waals surface area contributed by atoms with E-state index in [0.717, 1.165) is 0 Å². The summed E-state index contributed by atoms with van der Waals surface area (Å²) in [5.74, 6) is -0.472. The van der Waals surface area contributed by atoms with Crippen LogP contribution in [0.1, 0.15) is 13.8 Å². The highest BCUT2D eigenvalue weighted by atomic mass is 16.6. The average Bonchev–Trinajstić information content (AvgIpc) is 2.56. The maximum absolute atomic E-state index is 11.9. The molecule has 0 radical (unpaired) electrons. The molecule has 2 aromatic rings. The van der Waals surface area contributed by atoms with E-state index in [2.05, 4.69) is 0 Å². The molecule has 23 heavy (non-hydrogen) atoms. The third-order valence-corrected chi connectivity index (χ3v) is 2.98. The predicted octanol–water partition coefficient (Wildman–Crippen LogP) is 2.99. The molecule has 0 heterocycles. The SMILES string of the molecule is CC(Oc1ccccc1)C(=O)OC(=O)C(C)Oc1ccccc1. The molecule has 0 aliphatic carbocycles. The van der Waals surface area contributed by atoms with Crippen LogP contribution in [0.5, 0.6) is 11.5 Å². The number of esters is 2. The van der Waals surface area contributed by atoms with Gasteiger partial charge in [0.1, 0.15) is 11.5 Å². The molecule has 5 heteroatoms. The Morgan fingerprint density at radius 3 is 1.39 bits per heavy atom. The molecule has 0 N–H and O–H groups in total. The second kappa shape index (κ2) is 7.98. The van der Waals surface area contributed by atoms with Gasteiger partial charge in [-0.3, -0.25) is 0 Å². The molecule has 0 aliphatic rings. The molecule has 0 fully saturated rings. The van der Waals surface area contributed by atoms with Gasteiger partial charge in [0.2, 0.25) is 0 Å². The van der Waals surface area contributed by atoms with Gasteiger partial charge in [0, 0.05) is 0 Å². The molecule has 0 saturated carbocycles. The van der Waals surface area contributed by atoms with Crippen LogP contribution in [-0.4, -0.2) is 24.1 Å². The van der Waals surface area contributed by atoms with Crippen molar-refractivity contribution in [3.05, 3.63) is 60.7 Å². The van der Waals surface area contributed by atoms with Gasteiger partial charge in [0.15, 0.2) is 12.2 Å². The van der Waals surface area contributed by atoms with E-state index in [1.807, 2.05) is 12.1 Å². The second-order valence-electron chi connectivity index (χ2n) is 4.89. The second-order valence-corrected chi connectivity index (χ2v) is 4.89. The lowest BCUT2D eigenvalue weighted by atomic mass is 10.3. The van der Waals surface area contributed by atoms with Crippen molar-refractivity contribution in [3.8, 4) is 11.5 Å². The van der Waals surface area contributed by atoms with E-state index < -0.39 is 24.1 Å². The minimum absolute atomic E-state index is 0.526. The topological polar surface area (TPSA) is 61.8 Å². The highest BCUT2D eigenvalue weighted by Crippen LogP contribution is 2.13. The Balaban J connectivity index is 1.85. The zero-order chi connectivity index (χ0) is 16.7. The van der Waals surface area contributed by atoms with Gasteiger partial charge in [-0.25, -0.2) is 9.59 Å². The van der Waals surface area contributed by atoms with Crippen molar-refractivity contribution in [2.75, 3.05) is 0 Å². The third-order valence-electron chi connectivity index (χ3n) is 2.98. The van der Waals surface area contributed by atoms with Crippen LogP contribution < -0.4 is 9.47 Å². The zero-order valence-electron chi connectivity index (χ0n) is 13.0. The van der Waals surface area contributed by atoms with Gasteiger partial charge in [0.25, 0.3) is 0 Å². The number of hydrogen-bond acceptors (Lipinski definition) is 5. The molecule has 2 rings (SSSR count). The number of ether oxygens (including phenoxy) is 3. The molecule has 0 aliphatic heterocycles. The molecule has 2 unspecified atom stereocenters. The molecule has 0 aromatic heterocycles. The summed E-state index contributed by atoms with van der Waals surface area (Å²) in [7, 11) is 0. The summed E-state index contributed by atoms with van der Waals surface area (Å²) in [4.78, 5) is 23.8. The van der Waals surface area contributed by atoms with Gasteiger partial charge < -0.3 is 14.2 Å². The quantitative estimate of drug-likeness (QED) is 0.606. The summed E-state index contributed by atoms with van der Waals surface area (Å²) in [6.45, 7) is 3.04. The van der Waals surface area contributed by atoms with E-state index in [4.69, 9.17) is 14.2 Å². The van der Waals surface area contributed by atoms with Crippen LogP contribution >= 0.6 is 0 Å². The fraction of sp³-hybridized carbons (Fsp3) is 0.222. The molecular formula is C18H18O5. The lowest BCUT2D eigenvalue weighted by molar-refractivity contribution is -0.168. The molecule has 2 atom stereocenters. The number of rotatable bonds is 6. The molecular weight excluding hydrogens is 296 g/mol. The average molecular weight is 314 g/mol. The lowest BCUT2D eigenvalue weighted by Crippen LogP contribution is -2.34. The largest absolute Gasteiger partial charge is 0.479 e. The van der Waals surface area contributed by atoms with Gasteiger partial charge in [-0.15, -0.1) is 0 Å². The van der Waals surface area contributed by atoms with E-state index >= 15 is 0 Å². The Bertz CT molecular complexity index is 581. The molecule has 2 aromatic carbocycles. The first-order chi connectivity index (χ1) is 11.1. The van der Waals surface area contributed by atoms with Crippen LogP contribution in [0.3, 0.4) is 0 Å². The minimum atomic E-state index is -0.898. The maximum atomic E-state index is 11.9. The fourth-order valence-corrected chi connectivity index (χ4v) is 1.77. The molecule has 0 amide bonds. The van der Waals surface area contributed by atoms with Crippen molar-refractivity contribution < 1.29 is 23.8 Å². The van der Waals surface area contributed by atoms with Crippen molar-refractivity contribution in [2.45, 2.75) is 26.1 Å². The predicted molar refractivity (Wildman–Crippen MR) is 84.2 cm³/mol. The van der Waals surface area contributed by atoms with Crippen LogP contribution in [0.25, 0.3) is 0 Å². The molecule has 5 nitrogen and oxygen atoms in total. The summed E-state index contributed by atoms with van der Waals surface area (Å²) >= 11 is 0. The van der Waals surface area contributed by atoms with Gasteiger partial charge in [-0.1, -0.05) is 36.4 Å². The summed E-state index contributed by atoms with van der Waals surface area (Å²) in [6.07, 6.45) is -1.80. The van der Waals surface area contributed by atoms with Crippen LogP contribution in [0.2, 0.25) is 0 Å². The van der Waals surface area contributed by atoms with Crippen molar-refractivity contribution in [3.63, 3.8) is 0 Å². The van der Waals surface area contributed by atoms with Gasteiger partial charge in [-0.2, -0.15) is 0 Å². The Kier molecular flexibility index (Phi) is 5.74. The molecule has 0 bridgehead atoms. The fourth-order valence-electron chi connectivity index (χ4n) is 1.77. The smallest absolute Gasteiger partial charge is 0.354 e. The third kappa shape index (κ3) is 5.14. The number of carbonyl (C=O) groups is 2. The summed E-state index contributed by atoms with van der Waals surface area (Å²) in [5, 5.41) is 0. The number of hydrogen-bond donors (Lipinski definition) is 0. The standard InChI is InChI=1S/C18H18O5/c1-13(21-15-9-5-3-6-10-15)17(19)23-18(20)14(2)22-16-11-7-4-8-12-16/h3-14H,1-2H3. The van der Waals surface area contributed by atoms with Gasteiger partial charge >= 0.3 is 11.9 Å². The number of benzene rings is 2. The van der Waals surface area contributed by atoms with Crippen molar-refractivity contribution in [1.82, 2.24) is 0 Å². The van der Waals surface area contributed by atoms with E-state index in [-0.39, 0.29) is 0 Å². The van der Waals surface area contributed by atoms with E-state index in [9.17, 15) is 9.59 Å². The maximum Gasteiger partial charge on any atom is 0.354 e. The zero-order valence-corrected chi connectivity index (χ0v) is 13.0. The first-order valence-electron chi connectivity index (χ1n) is 7.25. The van der Waals surface area contributed by atoms with E-state index in [1.165, 1.54) is 13.8 Å². The molecule has 0 saturated heterocycles. The Labute approximate surface area is 134 Å². The molecule has 0 spiro atoms. The highest BCUT2D eigenvalue weighted by Gasteiger charge is 2.24. The van der Waals surface area contributed by atoms with Crippen LogP contribution in [0, 0.1) is 0 Å². The monoisotopic (exact) mass is 314 g/mol. The van der Waals surface area contributed by atoms with Gasteiger partial charge in [-0.05, 0) is 38.1 Å². The summed E-state index contributed by atoms with van der Waals surface area (Å²) < 4.78 is 15.6. The Hall–Kier alpha value is -2.82. The van der Waals surface area contributed by atoms with Crippen molar-refractivity contribution in [1.29, 1.82) is 0 Å². The number of para-hydroxylation sites is 2. The van der Waals surface area contributed by atoms with Crippen LogP contribution in [0.4, 0.5) is 0 Å². The minimum Gasteiger partial charge on any atom is -0.479 e. The normalized spacial score (nSPS) is 12.8.